The molecule has 1 amide bonds. The van der Waals surface area contributed by atoms with Crippen LogP contribution in [0.2, 0.25) is 0 Å². The summed E-state index contributed by atoms with van der Waals surface area (Å²) in [7, 11) is 2.16. The predicted molar refractivity (Wildman–Crippen MR) is 138 cm³/mol. The van der Waals surface area contributed by atoms with Crippen molar-refractivity contribution in [2.24, 2.45) is 0 Å². The van der Waals surface area contributed by atoms with E-state index in [0.29, 0.717) is 4.88 Å². The summed E-state index contributed by atoms with van der Waals surface area (Å²) >= 11 is 3.18. The van der Waals surface area contributed by atoms with Gasteiger partial charge in [-0.25, -0.2) is 0 Å². The Morgan fingerprint density at radius 2 is 1.79 bits per heavy atom. The molecule has 0 radical (unpaired) electrons. The number of thiophene rings is 1. The van der Waals surface area contributed by atoms with Gasteiger partial charge in [0, 0.05) is 36.5 Å². The number of carbonyl (C=O) groups is 1. The van der Waals surface area contributed by atoms with Gasteiger partial charge >= 0.3 is 0 Å². The molecule has 1 aliphatic rings. The second-order valence-corrected chi connectivity index (χ2v) is 10.1. The zero-order valence-corrected chi connectivity index (χ0v) is 20.4. The lowest BCUT2D eigenvalue weighted by molar-refractivity contribution is 0.102. The monoisotopic (exact) mass is 477 g/mol. The van der Waals surface area contributed by atoms with Crippen molar-refractivity contribution in [1.29, 1.82) is 0 Å². The van der Waals surface area contributed by atoms with Crippen LogP contribution in [0.1, 0.15) is 27.0 Å². The Balaban J connectivity index is 1.62. The topological polar surface area (TPSA) is 48.7 Å². The summed E-state index contributed by atoms with van der Waals surface area (Å²) in [4.78, 5) is 19.8. The first-order valence-corrected chi connectivity index (χ1v) is 13.2. The number of carbonyl (C=O) groups excluding carboxylic acids is 1. The maximum Gasteiger partial charge on any atom is 0.265 e. The molecular weight excluding hydrogens is 450 g/mol. The van der Waals surface area contributed by atoms with Gasteiger partial charge < -0.3 is 14.6 Å². The van der Waals surface area contributed by atoms with Crippen molar-refractivity contribution in [2.45, 2.75) is 10.9 Å². The van der Waals surface area contributed by atoms with Gasteiger partial charge in [0.25, 0.3) is 5.91 Å². The van der Waals surface area contributed by atoms with Gasteiger partial charge in [0.1, 0.15) is 11.3 Å². The van der Waals surface area contributed by atoms with E-state index in [1.165, 1.54) is 21.8 Å². The van der Waals surface area contributed by atoms with Crippen molar-refractivity contribution >= 4 is 45.7 Å². The van der Waals surface area contributed by atoms with E-state index in [1.807, 2.05) is 41.8 Å². The van der Waals surface area contributed by atoms with E-state index >= 15 is 0 Å². The Kier molecular flexibility index (Phi) is 6.55. The number of piperazine rings is 1. The number of nitrogens with zero attached hydrogens (tertiary/aromatic N) is 2. The van der Waals surface area contributed by atoms with E-state index in [9.17, 15) is 4.79 Å². The molecule has 1 atom stereocenters. The van der Waals surface area contributed by atoms with E-state index < -0.39 is 0 Å². The number of amides is 1. The lowest BCUT2D eigenvalue weighted by Gasteiger charge is -2.37. The lowest BCUT2D eigenvalue weighted by Crippen LogP contribution is -2.46. The zero-order chi connectivity index (χ0) is 22.8. The molecule has 1 saturated heterocycles. The fourth-order valence-electron chi connectivity index (χ4n) is 4.36. The molecule has 1 N–H and O–H groups in total. The predicted octanol–water partition coefficient (Wildman–Crippen LogP) is 5.81. The van der Waals surface area contributed by atoms with E-state index in [0.717, 1.165) is 48.6 Å². The standard InChI is InChI=1S/C26H27N3O2S2/c1-28-13-15-29(16-14-28)24(18-9-11-19(32-2)12-10-18)25-23(20-6-3-4-7-21(20)31-25)27-26(30)22-8-5-17-33-22/h3-12,17,24H,13-16H2,1-2H3,(H,27,30)/t24-/m0/s1. The van der Waals surface area contributed by atoms with Gasteiger partial charge in [-0.1, -0.05) is 30.3 Å². The van der Waals surface area contributed by atoms with E-state index in [1.54, 1.807) is 11.8 Å². The fraction of sp³-hybridized carbons (Fsp3) is 0.269. The Hall–Kier alpha value is -2.58. The maximum absolute atomic E-state index is 13.1. The number of furan rings is 1. The summed E-state index contributed by atoms with van der Waals surface area (Å²) < 4.78 is 6.50. The van der Waals surface area contributed by atoms with Crippen molar-refractivity contribution in [3.8, 4) is 0 Å². The molecule has 7 heteroatoms. The van der Waals surface area contributed by atoms with Gasteiger partial charge in [0.15, 0.2) is 0 Å². The van der Waals surface area contributed by atoms with Crippen molar-refractivity contribution in [3.63, 3.8) is 0 Å². The number of rotatable bonds is 6. The second kappa shape index (κ2) is 9.73. The number of likely N-dealkylation sites (N-methyl/N-ethyl adjacent to an activating group) is 1. The molecule has 0 unspecified atom stereocenters. The second-order valence-electron chi connectivity index (χ2n) is 8.28. The van der Waals surface area contributed by atoms with Gasteiger partial charge in [-0.05, 0) is 54.6 Å². The third-order valence-electron chi connectivity index (χ3n) is 6.19. The molecule has 5 nitrogen and oxygen atoms in total. The van der Waals surface area contributed by atoms with Gasteiger partial charge in [0.05, 0.1) is 16.6 Å². The number of hydrogen-bond acceptors (Lipinski definition) is 6. The molecule has 2 aromatic heterocycles. The van der Waals surface area contributed by atoms with Crippen LogP contribution in [0.3, 0.4) is 0 Å². The quantitative estimate of drug-likeness (QED) is 0.355. The van der Waals surface area contributed by atoms with Crippen molar-refractivity contribution in [2.75, 3.05) is 44.8 Å². The van der Waals surface area contributed by atoms with Gasteiger partial charge in [-0.3, -0.25) is 9.69 Å². The number of anilines is 1. The fourth-order valence-corrected chi connectivity index (χ4v) is 5.39. The highest BCUT2D eigenvalue weighted by Crippen LogP contribution is 2.41. The van der Waals surface area contributed by atoms with Crippen LogP contribution < -0.4 is 5.32 Å². The van der Waals surface area contributed by atoms with Crippen molar-refractivity contribution in [1.82, 2.24) is 9.80 Å². The van der Waals surface area contributed by atoms with Gasteiger partial charge in [-0.15, -0.1) is 23.1 Å². The molecule has 5 rings (SSSR count). The van der Waals surface area contributed by atoms with Gasteiger partial charge in [-0.2, -0.15) is 0 Å². The van der Waals surface area contributed by atoms with Crippen LogP contribution in [-0.4, -0.2) is 55.2 Å². The Morgan fingerprint density at radius 3 is 2.48 bits per heavy atom. The molecule has 4 aromatic rings. The average molecular weight is 478 g/mol. The summed E-state index contributed by atoms with van der Waals surface area (Å²) in [6.07, 6.45) is 2.09. The first kappa shape index (κ1) is 22.2. The normalized spacial score (nSPS) is 16.2. The lowest BCUT2D eigenvalue weighted by atomic mass is 10.00. The van der Waals surface area contributed by atoms with Crippen LogP contribution >= 0.6 is 23.1 Å². The smallest absolute Gasteiger partial charge is 0.265 e. The van der Waals surface area contributed by atoms with E-state index in [2.05, 4.69) is 52.7 Å². The van der Waals surface area contributed by atoms with Gasteiger partial charge in [0.2, 0.25) is 0 Å². The van der Waals surface area contributed by atoms with Crippen molar-refractivity contribution < 1.29 is 9.21 Å². The summed E-state index contributed by atoms with van der Waals surface area (Å²) in [5.41, 5.74) is 2.72. The first-order chi connectivity index (χ1) is 16.1. The molecule has 170 valence electrons. The molecule has 3 heterocycles. The molecule has 2 aromatic carbocycles. The largest absolute Gasteiger partial charge is 0.457 e. The summed E-state index contributed by atoms with van der Waals surface area (Å²) in [6, 6.07) is 20.3. The van der Waals surface area contributed by atoms with Crippen LogP contribution in [0.5, 0.6) is 0 Å². The Morgan fingerprint density at radius 1 is 1.03 bits per heavy atom. The van der Waals surface area contributed by atoms with Crippen LogP contribution in [0, 0.1) is 0 Å². The SMILES string of the molecule is CSc1ccc([C@@H](c2oc3ccccc3c2NC(=O)c2cccs2)N2CCN(C)CC2)cc1. The maximum atomic E-state index is 13.1. The molecule has 1 aliphatic heterocycles. The highest BCUT2D eigenvalue weighted by molar-refractivity contribution is 7.98. The number of fused-ring (bicyclic) bond motifs is 1. The number of nitrogens with one attached hydrogen (secondary N) is 1. The Bertz CT molecular complexity index is 1230. The number of benzene rings is 2. The van der Waals surface area contributed by atoms with Crippen LogP contribution in [0.4, 0.5) is 5.69 Å². The van der Waals surface area contributed by atoms with E-state index in [-0.39, 0.29) is 11.9 Å². The minimum Gasteiger partial charge on any atom is -0.457 e. The molecule has 0 aliphatic carbocycles. The zero-order valence-electron chi connectivity index (χ0n) is 18.8. The molecule has 0 spiro atoms. The third kappa shape index (κ3) is 4.59. The first-order valence-electron chi connectivity index (χ1n) is 11.1. The minimum atomic E-state index is -0.104. The molecule has 33 heavy (non-hydrogen) atoms. The van der Waals surface area contributed by atoms with Crippen molar-refractivity contribution in [3.05, 3.63) is 82.2 Å². The molecular formula is C26H27N3O2S2. The minimum absolute atomic E-state index is 0.0827. The molecule has 0 saturated carbocycles. The van der Waals surface area contributed by atoms with E-state index in [4.69, 9.17) is 4.42 Å². The average Bonchev–Trinajstić information content (AvgIpc) is 3.50. The van der Waals surface area contributed by atoms with Crippen LogP contribution in [0.25, 0.3) is 11.0 Å². The summed E-state index contributed by atoms with van der Waals surface area (Å²) in [6.45, 7) is 3.86. The molecule has 0 bridgehead atoms. The summed E-state index contributed by atoms with van der Waals surface area (Å²) in [5.74, 6) is 0.690. The third-order valence-corrected chi connectivity index (χ3v) is 7.80. The van der Waals surface area contributed by atoms with Crippen LogP contribution in [0.15, 0.2) is 75.4 Å². The van der Waals surface area contributed by atoms with Crippen LogP contribution in [-0.2, 0) is 0 Å². The Labute approximate surface area is 202 Å². The number of thioether (sulfide) groups is 1. The highest BCUT2D eigenvalue weighted by atomic mass is 32.2. The molecule has 1 fully saturated rings. The summed E-state index contributed by atoms with van der Waals surface area (Å²) in [5, 5.41) is 6.04. The number of para-hydroxylation sites is 1. The highest BCUT2D eigenvalue weighted by Gasteiger charge is 2.32. The number of hydrogen-bond donors (Lipinski definition) is 1.